The summed E-state index contributed by atoms with van der Waals surface area (Å²) in [5, 5.41) is 0. The maximum atomic E-state index is 11.5. The molecule has 0 radical (unpaired) electrons. The lowest BCUT2D eigenvalue weighted by Crippen LogP contribution is -2.18. The number of phosphoric acid groups is 1. The van der Waals surface area contributed by atoms with Gasteiger partial charge in [-0.3, -0.25) is 9.05 Å². The van der Waals surface area contributed by atoms with Crippen molar-refractivity contribution >= 4 is 14.1 Å². The Morgan fingerprint density at radius 3 is 2.22 bits per heavy atom. The van der Waals surface area contributed by atoms with Crippen molar-refractivity contribution in [1.29, 1.82) is 0 Å². The minimum atomic E-state index is -3.93. The molecular weight excluding hydrogens is 255 g/mol. The number of hydrogen-bond donors (Lipinski definition) is 1. The van der Waals surface area contributed by atoms with Gasteiger partial charge in [0, 0.05) is 6.42 Å². The highest BCUT2D eigenvalue weighted by Crippen LogP contribution is 2.47. The molecule has 0 aliphatic heterocycles. The number of carbonyl (C=O) groups is 1. The maximum absolute atomic E-state index is 11.5. The van der Waals surface area contributed by atoms with Crippen molar-refractivity contribution in [1.82, 2.24) is 0 Å². The van der Waals surface area contributed by atoms with Crippen LogP contribution in [0.4, 0.5) is 0 Å². The van der Waals surface area contributed by atoms with Crippen LogP contribution in [-0.4, -0.2) is 23.4 Å². The summed E-state index contributed by atoms with van der Waals surface area (Å²) in [5.41, 5.74) is -0.695. The van der Waals surface area contributed by atoms with E-state index in [1.165, 1.54) is 0 Å². The molecule has 0 amide bonds. The molecule has 1 unspecified atom stereocenters. The molecule has 0 aromatic rings. The number of unbranched alkanes of at least 4 members (excludes halogenated alkanes) is 5. The number of hydrogen-bond acceptors (Lipinski definition) is 4. The van der Waals surface area contributed by atoms with Gasteiger partial charge in [0.15, 0.2) is 0 Å². The SMILES string of the molecule is CC(C)(C)OP(=O)(O)OCCCCCCCC=O. The summed E-state index contributed by atoms with van der Waals surface area (Å²) in [7, 11) is -3.93. The van der Waals surface area contributed by atoms with Crippen molar-refractivity contribution in [2.24, 2.45) is 0 Å². The molecule has 0 fully saturated rings. The van der Waals surface area contributed by atoms with E-state index in [0.29, 0.717) is 6.42 Å². The van der Waals surface area contributed by atoms with Crippen molar-refractivity contribution in [3.8, 4) is 0 Å². The van der Waals surface area contributed by atoms with Crippen molar-refractivity contribution in [2.45, 2.75) is 64.9 Å². The van der Waals surface area contributed by atoms with Gasteiger partial charge in [0.25, 0.3) is 0 Å². The van der Waals surface area contributed by atoms with Crippen LogP contribution in [0.2, 0.25) is 0 Å². The quantitative estimate of drug-likeness (QED) is 0.377. The van der Waals surface area contributed by atoms with Crippen molar-refractivity contribution in [3.63, 3.8) is 0 Å². The molecule has 0 heterocycles. The predicted octanol–water partition coefficient (Wildman–Crippen LogP) is 3.46. The Kier molecular flexibility index (Phi) is 8.70. The fourth-order valence-corrected chi connectivity index (χ4v) is 2.52. The summed E-state index contributed by atoms with van der Waals surface area (Å²) in [6.45, 7) is 5.32. The third kappa shape index (κ3) is 12.2. The lowest BCUT2D eigenvalue weighted by Gasteiger charge is -2.22. The lowest BCUT2D eigenvalue weighted by atomic mass is 10.1. The van der Waals surface area contributed by atoms with E-state index in [9.17, 15) is 14.3 Å². The number of phosphoric ester groups is 1. The van der Waals surface area contributed by atoms with E-state index in [-0.39, 0.29) is 6.61 Å². The first-order chi connectivity index (χ1) is 8.27. The highest BCUT2D eigenvalue weighted by molar-refractivity contribution is 7.47. The Balaban J connectivity index is 3.53. The van der Waals surface area contributed by atoms with Crippen LogP contribution in [0.5, 0.6) is 0 Å². The maximum Gasteiger partial charge on any atom is 0.472 e. The Hall–Kier alpha value is -0.220. The van der Waals surface area contributed by atoms with Crippen LogP contribution in [0.3, 0.4) is 0 Å². The normalized spacial score (nSPS) is 15.3. The summed E-state index contributed by atoms with van der Waals surface area (Å²) >= 11 is 0. The summed E-state index contributed by atoms with van der Waals surface area (Å²) in [6, 6.07) is 0. The monoisotopic (exact) mass is 280 g/mol. The van der Waals surface area contributed by atoms with Crippen LogP contribution < -0.4 is 0 Å². The Bertz CT molecular complexity index is 272. The molecule has 5 nitrogen and oxygen atoms in total. The second-order valence-corrected chi connectivity index (χ2v) is 6.61. The zero-order valence-electron chi connectivity index (χ0n) is 11.6. The average molecular weight is 280 g/mol. The Labute approximate surface area is 109 Å². The first kappa shape index (κ1) is 17.8. The van der Waals surface area contributed by atoms with Crippen LogP contribution >= 0.6 is 7.82 Å². The molecule has 0 aromatic carbocycles. The minimum absolute atomic E-state index is 0.220. The molecule has 0 aliphatic rings. The molecule has 18 heavy (non-hydrogen) atoms. The highest BCUT2D eigenvalue weighted by atomic mass is 31.2. The van der Waals surface area contributed by atoms with Crippen molar-refractivity contribution < 1.29 is 23.3 Å². The van der Waals surface area contributed by atoms with Gasteiger partial charge in [-0.1, -0.05) is 19.3 Å². The third-order valence-electron chi connectivity index (χ3n) is 2.11. The van der Waals surface area contributed by atoms with Crippen LogP contribution in [0.15, 0.2) is 0 Å². The second-order valence-electron chi connectivity index (χ2n) is 5.23. The van der Waals surface area contributed by atoms with E-state index in [1.807, 2.05) is 0 Å². The van der Waals surface area contributed by atoms with E-state index in [1.54, 1.807) is 20.8 Å². The lowest BCUT2D eigenvalue weighted by molar-refractivity contribution is -0.107. The molecule has 0 aliphatic carbocycles. The summed E-state index contributed by atoms with van der Waals surface area (Å²) in [6.07, 6.45) is 6.11. The van der Waals surface area contributed by atoms with E-state index < -0.39 is 13.4 Å². The van der Waals surface area contributed by atoms with Gasteiger partial charge in [0.05, 0.1) is 12.2 Å². The average Bonchev–Trinajstić information content (AvgIpc) is 2.18. The van der Waals surface area contributed by atoms with E-state index in [0.717, 1.165) is 38.4 Å². The summed E-state index contributed by atoms with van der Waals surface area (Å²) in [4.78, 5) is 19.5. The third-order valence-corrected chi connectivity index (χ3v) is 3.40. The highest BCUT2D eigenvalue weighted by Gasteiger charge is 2.28. The Morgan fingerprint density at radius 1 is 1.11 bits per heavy atom. The second kappa shape index (κ2) is 8.81. The van der Waals surface area contributed by atoms with Gasteiger partial charge >= 0.3 is 7.82 Å². The molecule has 0 saturated heterocycles. The molecule has 0 saturated carbocycles. The fourth-order valence-electron chi connectivity index (χ4n) is 1.41. The molecule has 0 rings (SSSR count). The first-order valence-corrected chi connectivity index (χ1v) is 7.88. The molecule has 0 bridgehead atoms. The van der Waals surface area contributed by atoms with E-state index in [2.05, 4.69) is 0 Å². The van der Waals surface area contributed by atoms with Gasteiger partial charge < -0.3 is 9.69 Å². The van der Waals surface area contributed by atoms with E-state index in [4.69, 9.17) is 9.05 Å². The van der Waals surface area contributed by atoms with Gasteiger partial charge in [-0.15, -0.1) is 0 Å². The molecular formula is C12H25O5P. The predicted molar refractivity (Wildman–Crippen MR) is 70.4 cm³/mol. The van der Waals surface area contributed by atoms with Gasteiger partial charge in [0.2, 0.25) is 0 Å². The fraction of sp³-hybridized carbons (Fsp3) is 0.917. The zero-order chi connectivity index (χ0) is 14.1. The van der Waals surface area contributed by atoms with Gasteiger partial charge in [-0.2, -0.15) is 0 Å². The molecule has 1 atom stereocenters. The molecule has 0 spiro atoms. The zero-order valence-corrected chi connectivity index (χ0v) is 12.4. The van der Waals surface area contributed by atoms with E-state index >= 15 is 0 Å². The van der Waals surface area contributed by atoms with Crippen molar-refractivity contribution in [2.75, 3.05) is 6.61 Å². The first-order valence-electron chi connectivity index (χ1n) is 6.38. The van der Waals surface area contributed by atoms with Crippen LogP contribution in [-0.2, 0) is 18.4 Å². The molecule has 6 heteroatoms. The van der Waals surface area contributed by atoms with Gasteiger partial charge in [0.1, 0.15) is 6.29 Å². The number of aldehydes is 1. The van der Waals surface area contributed by atoms with Crippen LogP contribution in [0.25, 0.3) is 0 Å². The molecule has 1 N–H and O–H groups in total. The van der Waals surface area contributed by atoms with Crippen LogP contribution in [0, 0.1) is 0 Å². The van der Waals surface area contributed by atoms with Crippen LogP contribution in [0.1, 0.15) is 59.3 Å². The molecule has 108 valence electrons. The standard InChI is InChI=1S/C12H25O5P/c1-12(2,3)17-18(14,15)16-11-9-7-5-4-6-8-10-13/h10H,4-9,11H2,1-3H3,(H,14,15). The molecule has 0 aromatic heterocycles. The summed E-state index contributed by atoms with van der Waals surface area (Å²) < 4.78 is 21.3. The van der Waals surface area contributed by atoms with Gasteiger partial charge in [-0.05, 0) is 33.6 Å². The smallest absolute Gasteiger partial charge is 0.303 e. The van der Waals surface area contributed by atoms with Crippen molar-refractivity contribution in [3.05, 3.63) is 0 Å². The minimum Gasteiger partial charge on any atom is -0.303 e. The summed E-state index contributed by atoms with van der Waals surface area (Å²) in [5.74, 6) is 0. The topological polar surface area (TPSA) is 72.8 Å². The number of rotatable bonds is 10. The van der Waals surface area contributed by atoms with Gasteiger partial charge in [-0.25, -0.2) is 4.57 Å². The number of carbonyl (C=O) groups excluding carboxylic acids is 1. The Morgan fingerprint density at radius 2 is 1.67 bits per heavy atom. The largest absolute Gasteiger partial charge is 0.472 e.